The molecule has 0 amide bonds. The molecule has 0 saturated carbocycles. The molecule has 0 bridgehead atoms. The van der Waals surface area contributed by atoms with Gasteiger partial charge in [-0.15, -0.1) is 0 Å². The first kappa shape index (κ1) is 12.6. The van der Waals surface area contributed by atoms with Crippen molar-refractivity contribution in [1.82, 2.24) is 9.80 Å². The van der Waals surface area contributed by atoms with Gasteiger partial charge >= 0.3 is 0 Å². The van der Waals surface area contributed by atoms with Crippen LogP contribution in [0.3, 0.4) is 0 Å². The van der Waals surface area contributed by atoms with Gasteiger partial charge < -0.3 is 10.2 Å². The van der Waals surface area contributed by atoms with Gasteiger partial charge in [0.05, 0.1) is 6.54 Å². The summed E-state index contributed by atoms with van der Waals surface area (Å²) in [6.07, 6.45) is 1.03. The Hall–Kier alpha value is -1.39. The Labute approximate surface area is 114 Å². The van der Waals surface area contributed by atoms with Gasteiger partial charge in [0.25, 0.3) is 0 Å². The van der Waals surface area contributed by atoms with E-state index < -0.39 is 0 Å². The Bertz CT molecular complexity index is 478. The number of fused-ring (bicyclic) bond motifs is 1. The molecule has 0 atom stereocenters. The highest BCUT2D eigenvalue weighted by atomic mass is 16.1. The molecule has 2 aliphatic rings. The van der Waals surface area contributed by atoms with Gasteiger partial charge in [0.2, 0.25) is 0 Å². The topological polar surface area (TPSA) is 35.6 Å². The minimum absolute atomic E-state index is 0.249. The zero-order valence-electron chi connectivity index (χ0n) is 11.5. The lowest BCUT2D eigenvalue weighted by atomic mass is 10.0. The quantitative estimate of drug-likeness (QED) is 0.824. The fourth-order valence-electron chi connectivity index (χ4n) is 2.78. The fraction of sp³-hybridized carbons (Fsp3) is 0.533. The average Bonchev–Trinajstić information content (AvgIpc) is 2.88. The highest BCUT2D eigenvalue weighted by molar-refractivity contribution is 5.98. The highest BCUT2D eigenvalue weighted by Gasteiger charge is 2.18. The molecule has 4 nitrogen and oxygen atoms in total. The first-order valence-electron chi connectivity index (χ1n) is 7.03. The minimum Gasteiger partial charge on any atom is -0.384 e. The van der Waals surface area contributed by atoms with Crippen LogP contribution < -0.4 is 5.32 Å². The molecule has 0 unspecified atom stereocenters. The third-order valence-electron chi connectivity index (χ3n) is 4.10. The number of piperazine rings is 1. The zero-order chi connectivity index (χ0) is 13.2. The van der Waals surface area contributed by atoms with Gasteiger partial charge in [-0.25, -0.2) is 0 Å². The van der Waals surface area contributed by atoms with Gasteiger partial charge in [0, 0.05) is 44.0 Å². The van der Waals surface area contributed by atoms with Gasteiger partial charge in [-0.05, 0) is 37.2 Å². The lowest BCUT2D eigenvalue weighted by Crippen LogP contribution is -2.46. The molecule has 1 saturated heterocycles. The molecule has 2 aliphatic heterocycles. The standard InChI is InChI=1S/C15H21N3O/c1-17-6-8-18(9-7-17)11-15(19)13-2-3-14-12(10-13)4-5-16-14/h2-3,10,16H,4-9,11H2,1H3. The average molecular weight is 259 g/mol. The smallest absolute Gasteiger partial charge is 0.176 e. The number of anilines is 1. The van der Waals surface area contributed by atoms with Crippen LogP contribution in [0.2, 0.25) is 0 Å². The van der Waals surface area contributed by atoms with Gasteiger partial charge in [0.1, 0.15) is 0 Å². The summed E-state index contributed by atoms with van der Waals surface area (Å²) < 4.78 is 0. The summed E-state index contributed by atoms with van der Waals surface area (Å²) in [7, 11) is 2.13. The maximum atomic E-state index is 12.3. The number of benzene rings is 1. The third kappa shape index (κ3) is 2.80. The second kappa shape index (κ2) is 5.31. The lowest BCUT2D eigenvalue weighted by Gasteiger charge is -2.31. The molecule has 4 heteroatoms. The number of rotatable bonds is 3. The molecule has 1 N–H and O–H groups in total. The molecule has 0 spiro atoms. The summed E-state index contributed by atoms with van der Waals surface area (Å²) >= 11 is 0. The second-order valence-corrected chi connectivity index (χ2v) is 5.55. The molecule has 0 aromatic heterocycles. The number of carbonyl (C=O) groups is 1. The van der Waals surface area contributed by atoms with Crippen LogP contribution in [-0.4, -0.2) is 61.9 Å². The van der Waals surface area contributed by atoms with E-state index >= 15 is 0 Å². The van der Waals surface area contributed by atoms with Crippen LogP contribution in [0.4, 0.5) is 5.69 Å². The van der Waals surface area contributed by atoms with Crippen LogP contribution in [0.1, 0.15) is 15.9 Å². The van der Waals surface area contributed by atoms with Crippen LogP contribution in [0.25, 0.3) is 0 Å². The summed E-state index contributed by atoms with van der Waals surface area (Å²) in [4.78, 5) is 16.9. The summed E-state index contributed by atoms with van der Waals surface area (Å²) in [5.74, 6) is 0.249. The maximum Gasteiger partial charge on any atom is 0.176 e. The largest absolute Gasteiger partial charge is 0.384 e. The number of carbonyl (C=O) groups excluding carboxylic acids is 1. The number of hydrogen-bond donors (Lipinski definition) is 1. The maximum absolute atomic E-state index is 12.3. The van der Waals surface area contributed by atoms with E-state index in [1.807, 2.05) is 12.1 Å². The van der Waals surface area contributed by atoms with Crippen LogP contribution >= 0.6 is 0 Å². The first-order chi connectivity index (χ1) is 9.22. The Morgan fingerprint density at radius 2 is 2.05 bits per heavy atom. The van der Waals surface area contributed by atoms with Gasteiger partial charge in [-0.1, -0.05) is 0 Å². The molecular weight excluding hydrogens is 238 g/mol. The molecule has 0 radical (unpaired) electrons. The molecule has 1 fully saturated rings. The molecular formula is C15H21N3O. The van der Waals surface area contributed by atoms with Crippen LogP contribution in [0.15, 0.2) is 18.2 Å². The first-order valence-corrected chi connectivity index (χ1v) is 7.03. The van der Waals surface area contributed by atoms with Crippen LogP contribution in [-0.2, 0) is 6.42 Å². The lowest BCUT2D eigenvalue weighted by molar-refractivity contribution is 0.0876. The normalized spacial score (nSPS) is 20.1. The molecule has 3 rings (SSSR count). The van der Waals surface area contributed by atoms with E-state index in [0.717, 1.165) is 44.7 Å². The Kier molecular flexibility index (Phi) is 3.53. The highest BCUT2D eigenvalue weighted by Crippen LogP contribution is 2.23. The number of ketones is 1. The van der Waals surface area contributed by atoms with Crippen molar-refractivity contribution in [3.8, 4) is 0 Å². The van der Waals surface area contributed by atoms with E-state index in [9.17, 15) is 4.79 Å². The SMILES string of the molecule is CN1CCN(CC(=O)c2ccc3c(c2)CCN3)CC1. The Morgan fingerprint density at radius 3 is 2.84 bits per heavy atom. The minimum atomic E-state index is 0.249. The van der Waals surface area contributed by atoms with E-state index in [4.69, 9.17) is 0 Å². The monoisotopic (exact) mass is 259 g/mol. The van der Waals surface area contributed by atoms with Crippen molar-refractivity contribution in [2.24, 2.45) is 0 Å². The molecule has 1 aromatic rings. The molecule has 102 valence electrons. The molecule has 1 aromatic carbocycles. The third-order valence-corrected chi connectivity index (χ3v) is 4.10. The Balaban J connectivity index is 1.64. The number of likely N-dealkylation sites (N-methyl/N-ethyl adjacent to an activating group) is 1. The number of hydrogen-bond acceptors (Lipinski definition) is 4. The van der Waals surface area contributed by atoms with E-state index in [0.29, 0.717) is 6.54 Å². The number of nitrogens with zero attached hydrogens (tertiary/aromatic N) is 2. The Morgan fingerprint density at radius 1 is 1.26 bits per heavy atom. The number of Topliss-reactive ketones (excluding diaryl/α,β-unsaturated/α-hetero) is 1. The molecule has 0 aliphatic carbocycles. The molecule has 2 heterocycles. The van der Waals surface area contributed by atoms with E-state index in [2.05, 4.69) is 28.2 Å². The zero-order valence-corrected chi connectivity index (χ0v) is 11.5. The summed E-state index contributed by atoms with van der Waals surface area (Å²) in [6, 6.07) is 6.06. The predicted octanol–water partition coefficient (Wildman–Crippen LogP) is 1.08. The van der Waals surface area contributed by atoms with Gasteiger partial charge in [-0.2, -0.15) is 0 Å². The number of nitrogens with one attached hydrogen (secondary N) is 1. The molecule has 19 heavy (non-hydrogen) atoms. The van der Waals surface area contributed by atoms with Crippen molar-refractivity contribution in [3.63, 3.8) is 0 Å². The fourth-order valence-corrected chi connectivity index (χ4v) is 2.78. The van der Waals surface area contributed by atoms with Crippen molar-refractivity contribution >= 4 is 11.5 Å². The van der Waals surface area contributed by atoms with Crippen molar-refractivity contribution < 1.29 is 4.79 Å². The van der Waals surface area contributed by atoms with Crippen molar-refractivity contribution in [1.29, 1.82) is 0 Å². The van der Waals surface area contributed by atoms with Crippen molar-refractivity contribution in [2.75, 3.05) is 51.6 Å². The van der Waals surface area contributed by atoms with E-state index in [1.165, 1.54) is 11.3 Å². The van der Waals surface area contributed by atoms with Gasteiger partial charge in [-0.3, -0.25) is 9.69 Å². The van der Waals surface area contributed by atoms with Gasteiger partial charge in [0.15, 0.2) is 5.78 Å². The summed E-state index contributed by atoms with van der Waals surface area (Å²) in [6.45, 7) is 5.65. The summed E-state index contributed by atoms with van der Waals surface area (Å²) in [5.41, 5.74) is 3.33. The van der Waals surface area contributed by atoms with E-state index in [-0.39, 0.29) is 5.78 Å². The van der Waals surface area contributed by atoms with Crippen LogP contribution in [0.5, 0.6) is 0 Å². The predicted molar refractivity (Wildman–Crippen MR) is 76.9 cm³/mol. The summed E-state index contributed by atoms with van der Waals surface area (Å²) in [5, 5.41) is 3.33. The van der Waals surface area contributed by atoms with Crippen LogP contribution in [0, 0.1) is 0 Å². The van der Waals surface area contributed by atoms with E-state index in [1.54, 1.807) is 0 Å². The van der Waals surface area contributed by atoms with Crippen molar-refractivity contribution in [3.05, 3.63) is 29.3 Å². The van der Waals surface area contributed by atoms with Crippen molar-refractivity contribution in [2.45, 2.75) is 6.42 Å². The second-order valence-electron chi connectivity index (χ2n) is 5.55.